The van der Waals surface area contributed by atoms with E-state index in [0.29, 0.717) is 0 Å². The van der Waals surface area contributed by atoms with Crippen LogP contribution in [0.2, 0.25) is 0 Å². The van der Waals surface area contributed by atoms with Crippen molar-refractivity contribution in [3.8, 4) is 0 Å². The first-order valence-electron chi connectivity index (χ1n) is 2.17. The summed E-state index contributed by atoms with van der Waals surface area (Å²) in [4.78, 5) is 22.2. The third kappa shape index (κ3) is 1.10. The standard InChI is InChI=1S/C4H3BrN2O2/c5-1-2-3(8)7-4(9)6-2/h1H,(H2,6,7,8,9)/b2-1+. The fraction of sp³-hybridized carbons (Fsp3) is 0. The summed E-state index contributed by atoms with van der Waals surface area (Å²) in [5, 5.41) is 4.30. The molecule has 1 aliphatic rings. The summed E-state index contributed by atoms with van der Waals surface area (Å²) in [5.74, 6) is -0.406. The van der Waals surface area contributed by atoms with E-state index in [-0.39, 0.29) is 5.70 Å². The average molecular weight is 191 g/mol. The maximum atomic E-state index is 10.5. The summed E-state index contributed by atoms with van der Waals surface area (Å²) in [6, 6.07) is -0.481. The molecule has 0 atom stereocenters. The van der Waals surface area contributed by atoms with Crippen molar-refractivity contribution in [2.24, 2.45) is 0 Å². The van der Waals surface area contributed by atoms with Gasteiger partial charge in [0.15, 0.2) is 0 Å². The lowest BCUT2D eigenvalue weighted by molar-refractivity contribution is -0.115. The highest BCUT2D eigenvalue weighted by atomic mass is 79.9. The maximum absolute atomic E-state index is 10.5. The van der Waals surface area contributed by atoms with E-state index >= 15 is 0 Å². The lowest BCUT2D eigenvalue weighted by atomic mass is 10.5. The number of imide groups is 1. The summed E-state index contributed by atoms with van der Waals surface area (Å²) < 4.78 is 0. The molecule has 0 aromatic heterocycles. The monoisotopic (exact) mass is 190 g/mol. The highest BCUT2D eigenvalue weighted by molar-refractivity contribution is 9.11. The van der Waals surface area contributed by atoms with Crippen LogP contribution in [0.15, 0.2) is 10.7 Å². The first-order valence-corrected chi connectivity index (χ1v) is 3.08. The summed E-state index contributed by atoms with van der Waals surface area (Å²) >= 11 is 2.91. The Morgan fingerprint density at radius 2 is 2.00 bits per heavy atom. The van der Waals surface area contributed by atoms with Crippen molar-refractivity contribution >= 4 is 27.9 Å². The molecule has 5 heteroatoms. The van der Waals surface area contributed by atoms with Crippen molar-refractivity contribution in [2.75, 3.05) is 0 Å². The quantitative estimate of drug-likeness (QED) is 0.420. The van der Waals surface area contributed by atoms with E-state index in [1.165, 1.54) is 4.99 Å². The third-order valence-corrected chi connectivity index (χ3v) is 1.29. The molecule has 9 heavy (non-hydrogen) atoms. The molecule has 1 fully saturated rings. The molecule has 1 rings (SSSR count). The largest absolute Gasteiger partial charge is 0.326 e. The first kappa shape index (κ1) is 6.28. The predicted molar refractivity (Wildman–Crippen MR) is 33.7 cm³/mol. The highest BCUT2D eigenvalue weighted by Gasteiger charge is 2.21. The number of nitrogens with one attached hydrogen (secondary N) is 2. The molecule has 48 valence electrons. The average Bonchev–Trinajstić information content (AvgIpc) is 2.10. The lowest BCUT2D eigenvalue weighted by Crippen LogP contribution is -2.22. The molecule has 2 N–H and O–H groups in total. The van der Waals surface area contributed by atoms with Crippen LogP contribution in [0.3, 0.4) is 0 Å². The van der Waals surface area contributed by atoms with E-state index in [4.69, 9.17) is 0 Å². The fourth-order valence-electron chi connectivity index (χ4n) is 0.458. The van der Waals surface area contributed by atoms with Gasteiger partial charge in [-0.2, -0.15) is 0 Å². The number of hydrogen-bond acceptors (Lipinski definition) is 2. The molecule has 3 amide bonds. The SMILES string of the molecule is O=C1NC(=O)/C(=C\Br)N1. The van der Waals surface area contributed by atoms with E-state index in [0.717, 1.165) is 0 Å². The molecule has 0 spiro atoms. The minimum atomic E-state index is -0.481. The lowest BCUT2D eigenvalue weighted by Gasteiger charge is -1.84. The molecule has 0 unspecified atom stereocenters. The molecule has 0 radical (unpaired) electrons. The first-order chi connectivity index (χ1) is 4.24. The van der Waals surface area contributed by atoms with Gasteiger partial charge in [-0.1, -0.05) is 15.9 Å². The zero-order valence-corrected chi connectivity index (χ0v) is 5.86. The minimum absolute atomic E-state index is 0.236. The number of hydrogen-bond donors (Lipinski definition) is 2. The van der Waals surface area contributed by atoms with Gasteiger partial charge in [0.25, 0.3) is 5.91 Å². The second-order valence-corrected chi connectivity index (χ2v) is 1.89. The minimum Gasteiger partial charge on any atom is -0.302 e. The Kier molecular flexibility index (Phi) is 1.52. The van der Waals surface area contributed by atoms with E-state index in [1.807, 2.05) is 5.32 Å². The molecule has 1 saturated heterocycles. The topological polar surface area (TPSA) is 58.2 Å². The van der Waals surface area contributed by atoms with E-state index in [1.54, 1.807) is 0 Å². The zero-order valence-electron chi connectivity index (χ0n) is 4.27. The van der Waals surface area contributed by atoms with Crippen molar-refractivity contribution in [2.45, 2.75) is 0 Å². The number of urea groups is 1. The predicted octanol–water partition coefficient (Wildman–Crippen LogP) is 0.0621. The molecule has 1 aliphatic heterocycles. The molecule has 0 aliphatic carbocycles. The van der Waals surface area contributed by atoms with E-state index in [9.17, 15) is 9.59 Å². The van der Waals surface area contributed by atoms with Gasteiger partial charge in [-0.3, -0.25) is 10.1 Å². The Balaban J connectivity index is 2.81. The summed E-state index contributed by atoms with van der Waals surface area (Å²) in [6.07, 6.45) is 0. The van der Waals surface area contributed by atoms with Gasteiger partial charge < -0.3 is 5.32 Å². The van der Waals surface area contributed by atoms with Crippen LogP contribution in [0.5, 0.6) is 0 Å². The molecular formula is C4H3BrN2O2. The maximum Gasteiger partial charge on any atom is 0.326 e. The van der Waals surface area contributed by atoms with Crippen LogP contribution in [0.1, 0.15) is 0 Å². The number of rotatable bonds is 0. The molecule has 0 aromatic carbocycles. The van der Waals surface area contributed by atoms with Crippen molar-refractivity contribution in [3.05, 3.63) is 10.7 Å². The molecule has 0 aromatic rings. The van der Waals surface area contributed by atoms with Crippen molar-refractivity contribution in [3.63, 3.8) is 0 Å². The Morgan fingerprint density at radius 3 is 2.22 bits per heavy atom. The van der Waals surface area contributed by atoms with Crippen molar-refractivity contribution in [1.29, 1.82) is 0 Å². The molecular weight excluding hydrogens is 188 g/mol. The normalized spacial score (nSPS) is 22.1. The van der Waals surface area contributed by atoms with Crippen LogP contribution >= 0.6 is 15.9 Å². The van der Waals surface area contributed by atoms with Crippen LogP contribution in [-0.4, -0.2) is 11.9 Å². The smallest absolute Gasteiger partial charge is 0.302 e. The van der Waals surface area contributed by atoms with Crippen LogP contribution in [0.25, 0.3) is 0 Å². The Hall–Kier alpha value is -0.840. The number of amides is 3. The summed E-state index contributed by atoms with van der Waals surface area (Å²) in [6.45, 7) is 0. The molecule has 0 saturated carbocycles. The zero-order chi connectivity index (χ0) is 6.85. The molecule has 4 nitrogen and oxygen atoms in total. The number of halogens is 1. The van der Waals surface area contributed by atoms with Gasteiger partial charge >= 0.3 is 6.03 Å². The van der Waals surface area contributed by atoms with Gasteiger partial charge in [0.1, 0.15) is 5.70 Å². The second-order valence-electron chi connectivity index (χ2n) is 1.43. The number of carbonyl (C=O) groups excluding carboxylic acids is 2. The van der Waals surface area contributed by atoms with Gasteiger partial charge in [0.2, 0.25) is 0 Å². The fourth-order valence-corrected chi connectivity index (χ4v) is 0.780. The summed E-state index contributed by atoms with van der Waals surface area (Å²) in [7, 11) is 0. The van der Waals surface area contributed by atoms with Gasteiger partial charge in [0.05, 0.1) is 0 Å². The van der Waals surface area contributed by atoms with Crippen molar-refractivity contribution in [1.82, 2.24) is 10.6 Å². The Morgan fingerprint density at radius 1 is 1.33 bits per heavy atom. The van der Waals surface area contributed by atoms with Crippen LogP contribution in [0.4, 0.5) is 4.79 Å². The van der Waals surface area contributed by atoms with Crippen LogP contribution < -0.4 is 10.6 Å². The van der Waals surface area contributed by atoms with Gasteiger partial charge in [0, 0.05) is 4.99 Å². The van der Waals surface area contributed by atoms with Crippen LogP contribution in [0, 0.1) is 0 Å². The Labute approximate surface area is 59.4 Å². The highest BCUT2D eigenvalue weighted by Crippen LogP contribution is 1.99. The van der Waals surface area contributed by atoms with Crippen molar-refractivity contribution < 1.29 is 9.59 Å². The van der Waals surface area contributed by atoms with Gasteiger partial charge in [-0.05, 0) is 0 Å². The third-order valence-electron chi connectivity index (χ3n) is 0.829. The summed E-state index contributed by atoms with van der Waals surface area (Å²) in [5.41, 5.74) is 0.236. The van der Waals surface area contributed by atoms with Gasteiger partial charge in [-0.25, -0.2) is 4.79 Å². The second kappa shape index (κ2) is 2.18. The van der Waals surface area contributed by atoms with Gasteiger partial charge in [-0.15, -0.1) is 0 Å². The number of carbonyl (C=O) groups is 2. The van der Waals surface area contributed by atoms with E-state index in [2.05, 4.69) is 21.2 Å². The van der Waals surface area contributed by atoms with Crippen LogP contribution in [-0.2, 0) is 4.79 Å². The Bertz CT molecular complexity index is 199. The van der Waals surface area contributed by atoms with E-state index < -0.39 is 11.9 Å². The molecule has 0 bridgehead atoms. The molecule has 1 heterocycles.